The lowest BCUT2D eigenvalue weighted by Gasteiger charge is -2.29. The highest BCUT2D eigenvalue weighted by atomic mass is 32.2. The second-order valence-corrected chi connectivity index (χ2v) is 8.84. The predicted molar refractivity (Wildman–Crippen MR) is 99.9 cm³/mol. The molecule has 1 fully saturated rings. The van der Waals surface area contributed by atoms with Gasteiger partial charge in [0.25, 0.3) is 0 Å². The van der Waals surface area contributed by atoms with E-state index in [1.807, 2.05) is 19.9 Å². The van der Waals surface area contributed by atoms with E-state index in [-0.39, 0.29) is 42.5 Å². The van der Waals surface area contributed by atoms with Gasteiger partial charge in [-0.15, -0.1) is 0 Å². The summed E-state index contributed by atoms with van der Waals surface area (Å²) in [7, 11) is -3.46. The van der Waals surface area contributed by atoms with Crippen LogP contribution in [-0.4, -0.2) is 32.0 Å². The Balaban J connectivity index is 2.47. The van der Waals surface area contributed by atoms with Gasteiger partial charge in [0.1, 0.15) is 5.92 Å². The van der Waals surface area contributed by atoms with Crippen LogP contribution in [0.5, 0.6) is 0 Å². The zero-order chi connectivity index (χ0) is 19.8. The van der Waals surface area contributed by atoms with Gasteiger partial charge in [0.2, 0.25) is 10.0 Å². The summed E-state index contributed by atoms with van der Waals surface area (Å²) in [6, 6.07) is 1.86. The second-order valence-electron chi connectivity index (χ2n) is 7.09. The Hall–Kier alpha value is -2.02. The van der Waals surface area contributed by atoms with E-state index in [9.17, 15) is 22.8 Å². The summed E-state index contributed by atoms with van der Waals surface area (Å²) in [6.07, 6.45) is 1.48. The Morgan fingerprint density at radius 2 is 1.65 bits per heavy atom. The number of hydrogen-bond donors (Lipinski definition) is 1. The number of benzene rings is 1. The minimum atomic E-state index is -3.46. The van der Waals surface area contributed by atoms with Crippen LogP contribution in [0.15, 0.2) is 6.07 Å². The average molecular weight is 379 g/mol. The third-order valence-corrected chi connectivity index (χ3v) is 5.51. The fourth-order valence-corrected chi connectivity index (χ4v) is 4.60. The number of carbonyl (C=O) groups excluding carboxylic acids is 3. The zero-order valence-electron chi connectivity index (χ0n) is 15.8. The molecule has 0 aromatic heterocycles. The molecular weight excluding hydrogens is 354 g/mol. The van der Waals surface area contributed by atoms with Crippen LogP contribution in [-0.2, 0) is 24.4 Å². The molecule has 1 N–H and O–H groups in total. The van der Waals surface area contributed by atoms with Crippen LogP contribution < -0.4 is 4.72 Å². The van der Waals surface area contributed by atoms with Crippen molar-refractivity contribution in [1.82, 2.24) is 0 Å². The molecule has 1 aromatic rings. The van der Waals surface area contributed by atoms with E-state index in [1.54, 1.807) is 13.8 Å². The zero-order valence-corrected chi connectivity index (χ0v) is 16.6. The first kappa shape index (κ1) is 20.3. The van der Waals surface area contributed by atoms with Crippen molar-refractivity contribution in [3.05, 3.63) is 28.3 Å². The maximum absolute atomic E-state index is 12.4. The van der Waals surface area contributed by atoms with Gasteiger partial charge in [0.05, 0.1) is 11.9 Å². The number of nitrogens with one attached hydrogen (secondary N) is 1. The van der Waals surface area contributed by atoms with Crippen molar-refractivity contribution in [1.29, 1.82) is 0 Å². The van der Waals surface area contributed by atoms with Gasteiger partial charge in [0, 0.05) is 19.3 Å². The third-order valence-electron chi connectivity index (χ3n) is 4.94. The summed E-state index contributed by atoms with van der Waals surface area (Å²) in [5.74, 6) is -2.46. The van der Waals surface area contributed by atoms with Crippen molar-refractivity contribution < 1.29 is 22.8 Å². The second kappa shape index (κ2) is 7.31. The first-order valence-electron chi connectivity index (χ1n) is 8.62. The van der Waals surface area contributed by atoms with Gasteiger partial charge in [-0.05, 0) is 48.9 Å². The molecule has 6 nitrogen and oxygen atoms in total. The fourth-order valence-electron chi connectivity index (χ4n) is 3.91. The molecular formula is C19H25NO5S. The molecule has 0 aliphatic heterocycles. The number of hydrogen-bond acceptors (Lipinski definition) is 5. The van der Waals surface area contributed by atoms with Crippen molar-refractivity contribution in [2.75, 3.05) is 11.0 Å². The number of ketones is 3. The topological polar surface area (TPSA) is 97.4 Å². The summed E-state index contributed by atoms with van der Waals surface area (Å²) in [6.45, 7) is 7.13. The molecule has 0 heterocycles. The van der Waals surface area contributed by atoms with Crippen LogP contribution in [0.1, 0.15) is 54.4 Å². The van der Waals surface area contributed by atoms with E-state index in [4.69, 9.17) is 0 Å². The van der Waals surface area contributed by atoms with Crippen molar-refractivity contribution in [3.63, 3.8) is 0 Å². The molecule has 1 aliphatic rings. The molecule has 26 heavy (non-hydrogen) atoms. The normalized spacial score (nSPS) is 21.0. The van der Waals surface area contributed by atoms with Crippen LogP contribution in [0.2, 0.25) is 0 Å². The van der Waals surface area contributed by atoms with E-state index >= 15 is 0 Å². The van der Waals surface area contributed by atoms with Crippen molar-refractivity contribution in [2.24, 2.45) is 5.92 Å². The van der Waals surface area contributed by atoms with Crippen LogP contribution in [0, 0.1) is 26.7 Å². The monoisotopic (exact) mass is 379 g/mol. The Bertz CT molecular complexity index is 868. The molecule has 0 radical (unpaired) electrons. The molecule has 1 saturated carbocycles. The Kier molecular flexibility index (Phi) is 5.70. The number of rotatable bonds is 5. The largest absolute Gasteiger partial charge is 0.298 e. The van der Waals surface area contributed by atoms with Crippen LogP contribution in [0.4, 0.5) is 5.69 Å². The molecule has 7 heteroatoms. The molecule has 0 spiro atoms. The minimum Gasteiger partial charge on any atom is -0.298 e. The van der Waals surface area contributed by atoms with Gasteiger partial charge in [-0.2, -0.15) is 0 Å². The smallest absolute Gasteiger partial charge is 0.229 e. The molecule has 2 rings (SSSR count). The molecule has 0 atom stereocenters. The summed E-state index contributed by atoms with van der Waals surface area (Å²) in [5.41, 5.74) is 3.70. The number of sulfonamides is 1. The SMILES string of the molecule is CCC(=O)C1C(=O)CC(c2c(C)cc(C)c(NS(C)(=O)=O)c2C)CC1=O. The highest BCUT2D eigenvalue weighted by molar-refractivity contribution is 7.92. The van der Waals surface area contributed by atoms with Gasteiger partial charge in [-0.25, -0.2) is 8.42 Å². The van der Waals surface area contributed by atoms with Gasteiger partial charge >= 0.3 is 0 Å². The van der Waals surface area contributed by atoms with Crippen molar-refractivity contribution >= 4 is 33.1 Å². The van der Waals surface area contributed by atoms with Crippen LogP contribution in [0.3, 0.4) is 0 Å². The van der Waals surface area contributed by atoms with Gasteiger partial charge in [-0.1, -0.05) is 13.0 Å². The molecule has 0 unspecified atom stereocenters. The third kappa shape index (κ3) is 4.03. The summed E-state index contributed by atoms with van der Waals surface area (Å²) >= 11 is 0. The van der Waals surface area contributed by atoms with E-state index in [0.29, 0.717) is 5.69 Å². The molecule has 1 aromatic carbocycles. The van der Waals surface area contributed by atoms with E-state index in [1.165, 1.54) is 0 Å². The fraction of sp³-hybridized carbons (Fsp3) is 0.526. The Labute approximate surface area is 154 Å². The first-order valence-corrected chi connectivity index (χ1v) is 10.5. The molecule has 0 bridgehead atoms. The number of carbonyl (C=O) groups is 3. The van der Waals surface area contributed by atoms with Crippen LogP contribution >= 0.6 is 0 Å². The van der Waals surface area contributed by atoms with E-state index < -0.39 is 15.9 Å². The molecule has 0 amide bonds. The lowest BCUT2D eigenvalue weighted by Crippen LogP contribution is -2.38. The first-order chi connectivity index (χ1) is 12.0. The van der Waals surface area contributed by atoms with Crippen molar-refractivity contribution in [2.45, 2.75) is 52.9 Å². The Morgan fingerprint density at radius 1 is 1.12 bits per heavy atom. The predicted octanol–water partition coefficient (Wildman–Crippen LogP) is 2.59. The average Bonchev–Trinajstić information content (AvgIpc) is 2.49. The van der Waals surface area contributed by atoms with Crippen LogP contribution in [0.25, 0.3) is 0 Å². The standard InChI is InChI=1S/C19H25NO5S/c1-6-14(21)18-15(22)8-13(9-16(18)23)17-10(2)7-11(3)19(12(17)4)20-26(5,24)25/h7,13,18,20H,6,8-9H2,1-5H3. The molecule has 1 aliphatic carbocycles. The number of aryl methyl sites for hydroxylation is 2. The summed E-state index contributed by atoms with van der Waals surface area (Å²) in [4.78, 5) is 36.8. The molecule has 142 valence electrons. The van der Waals surface area contributed by atoms with E-state index in [2.05, 4.69) is 4.72 Å². The molecule has 0 saturated heterocycles. The maximum Gasteiger partial charge on any atom is 0.229 e. The summed E-state index contributed by atoms with van der Waals surface area (Å²) < 4.78 is 25.9. The maximum atomic E-state index is 12.4. The summed E-state index contributed by atoms with van der Waals surface area (Å²) in [5, 5.41) is 0. The van der Waals surface area contributed by atoms with Gasteiger partial charge in [-0.3, -0.25) is 19.1 Å². The number of anilines is 1. The van der Waals surface area contributed by atoms with Gasteiger partial charge < -0.3 is 0 Å². The van der Waals surface area contributed by atoms with E-state index in [0.717, 1.165) is 28.5 Å². The highest BCUT2D eigenvalue weighted by Gasteiger charge is 2.40. The van der Waals surface area contributed by atoms with Gasteiger partial charge in [0.15, 0.2) is 17.3 Å². The quantitative estimate of drug-likeness (QED) is 0.793. The number of Topliss-reactive ketones (excluding diaryl/α,β-unsaturated/α-hetero) is 3. The minimum absolute atomic E-state index is 0.116. The lowest BCUT2D eigenvalue weighted by molar-refractivity contribution is -0.142. The lowest BCUT2D eigenvalue weighted by atomic mass is 9.73. The van der Waals surface area contributed by atoms with Crippen molar-refractivity contribution in [3.8, 4) is 0 Å². The highest BCUT2D eigenvalue weighted by Crippen LogP contribution is 2.39. The Morgan fingerprint density at radius 3 is 2.12 bits per heavy atom.